The summed E-state index contributed by atoms with van der Waals surface area (Å²) in [4.78, 5) is 10.9. The highest BCUT2D eigenvalue weighted by Gasteiger charge is 2.09. The van der Waals surface area contributed by atoms with E-state index in [0.717, 1.165) is 11.0 Å². The lowest BCUT2D eigenvalue weighted by Gasteiger charge is -2.23. The molecule has 0 aromatic heterocycles. The number of quaternary nitrogens is 1. The van der Waals surface area contributed by atoms with E-state index in [1.54, 1.807) is 6.92 Å². The van der Waals surface area contributed by atoms with Crippen molar-refractivity contribution < 1.29 is 27.0 Å². The second-order valence-electron chi connectivity index (χ2n) is 4.63. The first-order valence-electron chi connectivity index (χ1n) is 4.87. The second kappa shape index (κ2) is 7.41. The molecule has 0 atom stereocenters. The van der Waals surface area contributed by atoms with E-state index in [1.165, 1.54) is 0 Å². The van der Waals surface area contributed by atoms with Gasteiger partial charge in [-0.05, 0) is 6.92 Å². The molecule has 0 fully saturated rings. The molecule has 0 aliphatic rings. The van der Waals surface area contributed by atoms with E-state index in [9.17, 15) is 4.79 Å². The quantitative estimate of drug-likeness (QED) is 0.309. The van der Waals surface area contributed by atoms with E-state index in [1.807, 2.05) is 0 Å². The molecular weight excluding hydrogens is 246 g/mol. The molecule has 0 amide bonds. The molecule has 6 nitrogen and oxygen atoms in total. The summed E-state index contributed by atoms with van der Waals surface area (Å²) in [7, 11) is 2.23. The van der Waals surface area contributed by atoms with Gasteiger partial charge in [0, 0.05) is 11.8 Å². The summed E-state index contributed by atoms with van der Waals surface area (Å²) >= 11 is 0. The Bertz CT molecular complexity index is 345. The Morgan fingerprint density at radius 1 is 1.35 bits per heavy atom. The van der Waals surface area contributed by atoms with Crippen LogP contribution in [-0.4, -0.2) is 64.0 Å². The zero-order chi connectivity index (χ0) is 14.3. The number of esters is 1. The fourth-order valence-corrected chi connectivity index (χ4v) is 0.535. The van der Waals surface area contributed by atoms with Gasteiger partial charge in [0.15, 0.2) is 0 Å². The van der Waals surface area contributed by atoms with Gasteiger partial charge in [-0.2, -0.15) is 0 Å². The van der Waals surface area contributed by atoms with Gasteiger partial charge >= 0.3 is 5.97 Å². The minimum absolute atomic E-state index is 0.302. The zero-order valence-corrected chi connectivity index (χ0v) is 11.8. The fourth-order valence-electron chi connectivity index (χ4n) is 0.535. The van der Waals surface area contributed by atoms with E-state index in [4.69, 9.17) is 17.7 Å². The predicted octanol–water partition coefficient (Wildman–Crippen LogP) is -0.0267. The van der Waals surface area contributed by atoms with Crippen molar-refractivity contribution in [3.8, 4) is 0 Å². The molecule has 0 unspecified atom stereocenters. The van der Waals surface area contributed by atoms with Gasteiger partial charge in [0.1, 0.15) is 13.2 Å². The van der Waals surface area contributed by atoms with Crippen molar-refractivity contribution in [2.24, 2.45) is 0 Å². The number of ether oxygens (including phenoxy) is 1. The Kier molecular flexibility index (Phi) is 8.04. The first-order valence-corrected chi connectivity index (χ1v) is 6.68. The van der Waals surface area contributed by atoms with Crippen molar-refractivity contribution in [3.05, 3.63) is 12.2 Å². The van der Waals surface area contributed by atoms with Crippen LogP contribution in [0.1, 0.15) is 6.92 Å². The molecule has 0 radical (unpaired) electrons. The molecule has 0 aromatic carbocycles. The summed E-state index contributed by atoms with van der Waals surface area (Å²) in [5.41, 5.74) is 0.455. The van der Waals surface area contributed by atoms with Crippen LogP contribution >= 0.6 is 0 Å². The van der Waals surface area contributed by atoms with Crippen LogP contribution in [0.3, 0.4) is 0 Å². The molecule has 17 heavy (non-hydrogen) atoms. The normalized spacial score (nSPS) is 11.2. The number of likely N-dealkylation sites (N-methyl/N-ethyl adjacent to an activating group) is 1. The van der Waals surface area contributed by atoms with Crippen LogP contribution in [0.25, 0.3) is 0 Å². The first-order chi connectivity index (χ1) is 7.33. The maximum atomic E-state index is 10.9. The Morgan fingerprint density at radius 2 is 1.71 bits per heavy atom. The number of carbonyl (C=O) groups excluding carboxylic acids is 1. The standard InChI is InChI=1S/C9H18NO2.CH4O3S/c1-8(2)9(11)12-7-6-10(3,4)5;1-5(2,3)4/h1,6-7H2,2-5H3;1H3,(H,2,3,4)/q+1;/p-1. The van der Waals surface area contributed by atoms with E-state index >= 15 is 0 Å². The first kappa shape index (κ1) is 18.4. The predicted molar refractivity (Wildman–Crippen MR) is 64.3 cm³/mol. The van der Waals surface area contributed by atoms with Gasteiger partial charge in [-0.3, -0.25) is 0 Å². The average Bonchev–Trinajstić information content (AvgIpc) is 1.97. The summed E-state index contributed by atoms with van der Waals surface area (Å²) in [5.74, 6) is -0.302. The largest absolute Gasteiger partial charge is 0.748 e. The van der Waals surface area contributed by atoms with Crippen molar-refractivity contribution in [2.45, 2.75) is 6.92 Å². The third-order valence-electron chi connectivity index (χ3n) is 1.34. The van der Waals surface area contributed by atoms with Crippen LogP contribution in [0.15, 0.2) is 12.2 Å². The summed E-state index contributed by atoms with van der Waals surface area (Å²) in [6.07, 6.45) is 0.604. The third-order valence-corrected chi connectivity index (χ3v) is 1.34. The lowest BCUT2D eigenvalue weighted by Crippen LogP contribution is -2.38. The van der Waals surface area contributed by atoms with Crippen LogP contribution in [0, 0.1) is 0 Å². The van der Waals surface area contributed by atoms with Crippen LogP contribution in [0.4, 0.5) is 0 Å². The molecular formula is C10H21NO5S. The number of nitrogens with zero attached hydrogens (tertiary/aromatic N) is 1. The maximum Gasteiger partial charge on any atom is 0.333 e. The Balaban J connectivity index is 0. The molecule has 0 bridgehead atoms. The summed E-state index contributed by atoms with van der Waals surface area (Å²) in [6, 6.07) is 0. The van der Waals surface area contributed by atoms with Crippen LogP contribution in [0.5, 0.6) is 0 Å². The van der Waals surface area contributed by atoms with Gasteiger partial charge in [0.25, 0.3) is 0 Å². The number of hydrogen-bond donors (Lipinski definition) is 0. The molecule has 7 heteroatoms. The molecule has 0 saturated carbocycles. The molecule has 0 N–H and O–H groups in total. The van der Waals surface area contributed by atoms with Crippen LogP contribution < -0.4 is 0 Å². The van der Waals surface area contributed by atoms with Crippen molar-refractivity contribution in [2.75, 3.05) is 40.6 Å². The van der Waals surface area contributed by atoms with E-state index in [0.29, 0.717) is 18.4 Å². The fraction of sp³-hybridized carbons (Fsp3) is 0.700. The van der Waals surface area contributed by atoms with Crippen molar-refractivity contribution in [1.82, 2.24) is 0 Å². The maximum absolute atomic E-state index is 10.9. The Hall–Kier alpha value is -0.920. The molecule has 0 aliphatic carbocycles. The summed E-state index contributed by atoms with van der Waals surface area (Å²) < 4.78 is 32.9. The van der Waals surface area contributed by atoms with Gasteiger partial charge in [0.2, 0.25) is 0 Å². The number of rotatable bonds is 4. The summed E-state index contributed by atoms with van der Waals surface area (Å²) in [5, 5.41) is 0. The monoisotopic (exact) mass is 267 g/mol. The minimum Gasteiger partial charge on any atom is -0.748 e. The highest BCUT2D eigenvalue weighted by molar-refractivity contribution is 7.84. The Morgan fingerprint density at radius 3 is 1.94 bits per heavy atom. The smallest absolute Gasteiger partial charge is 0.333 e. The van der Waals surface area contributed by atoms with Gasteiger partial charge in [-0.25, -0.2) is 13.2 Å². The Labute approximate surface area is 103 Å². The van der Waals surface area contributed by atoms with Crippen molar-refractivity contribution >= 4 is 16.1 Å². The van der Waals surface area contributed by atoms with Gasteiger partial charge in [-0.1, -0.05) is 6.58 Å². The van der Waals surface area contributed by atoms with E-state index in [-0.39, 0.29) is 5.97 Å². The summed E-state index contributed by atoms with van der Waals surface area (Å²) in [6.45, 7) is 6.41. The highest BCUT2D eigenvalue weighted by Crippen LogP contribution is 1.94. The third kappa shape index (κ3) is 25.4. The van der Waals surface area contributed by atoms with Crippen molar-refractivity contribution in [3.63, 3.8) is 0 Å². The van der Waals surface area contributed by atoms with Gasteiger partial charge in [0.05, 0.1) is 31.3 Å². The molecule has 0 rings (SSSR count). The van der Waals surface area contributed by atoms with Gasteiger partial charge in [-0.15, -0.1) is 0 Å². The molecule has 0 saturated heterocycles. The highest BCUT2D eigenvalue weighted by atomic mass is 32.2. The molecule has 0 aromatic rings. The topological polar surface area (TPSA) is 83.5 Å². The number of hydrogen-bond acceptors (Lipinski definition) is 5. The molecule has 0 spiro atoms. The SMILES string of the molecule is C=C(C)C(=O)OCC[N+](C)(C)C.CS(=O)(=O)[O-]. The molecule has 102 valence electrons. The molecule has 0 aliphatic heterocycles. The van der Waals surface area contributed by atoms with E-state index in [2.05, 4.69) is 27.7 Å². The van der Waals surface area contributed by atoms with Crippen LogP contribution in [-0.2, 0) is 19.6 Å². The second-order valence-corrected chi connectivity index (χ2v) is 6.04. The zero-order valence-electron chi connectivity index (χ0n) is 11.0. The van der Waals surface area contributed by atoms with E-state index < -0.39 is 10.1 Å². The molecule has 0 heterocycles. The lowest BCUT2D eigenvalue weighted by molar-refractivity contribution is -0.870. The minimum atomic E-state index is -3.92. The van der Waals surface area contributed by atoms with Gasteiger partial charge < -0.3 is 13.8 Å². The van der Waals surface area contributed by atoms with Crippen molar-refractivity contribution in [1.29, 1.82) is 0 Å². The lowest BCUT2D eigenvalue weighted by atomic mass is 10.4. The number of carbonyl (C=O) groups is 1. The average molecular weight is 267 g/mol. The van der Waals surface area contributed by atoms with Crippen LogP contribution in [0.2, 0.25) is 0 Å².